The number of hydrogen-bond acceptors (Lipinski definition) is 3. The number of nitriles is 1. The van der Waals surface area contributed by atoms with Crippen molar-refractivity contribution >= 4 is 27.3 Å². The first-order valence-electron chi connectivity index (χ1n) is 4.52. The molecule has 0 aliphatic heterocycles. The summed E-state index contributed by atoms with van der Waals surface area (Å²) in [4.78, 5) is 3.60. The molecule has 0 aromatic carbocycles. The third kappa shape index (κ3) is 4.23. The highest BCUT2D eigenvalue weighted by molar-refractivity contribution is 9.11. The van der Waals surface area contributed by atoms with Crippen molar-refractivity contribution in [2.45, 2.75) is 19.4 Å². The fourth-order valence-electron chi connectivity index (χ4n) is 1.21. The predicted octanol–water partition coefficient (Wildman–Crippen LogP) is 3.25. The van der Waals surface area contributed by atoms with Gasteiger partial charge in [-0.05, 0) is 48.1 Å². The average molecular weight is 273 g/mol. The van der Waals surface area contributed by atoms with Crippen molar-refractivity contribution in [2.24, 2.45) is 0 Å². The van der Waals surface area contributed by atoms with Crippen LogP contribution in [0, 0.1) is 11.3 Å². The summed E-state index contributed by atoms with van der Waals surface area (Å²) in [6.07, 6.45) is 1.61. The molecule has 0 amide bonds. The van der Waals surface area contributed by atoms with Crippen LogP contribution < -0.4 is 0 Å². The van der Waals surface area contributed by atoms with Crippen molar-refractivity contribution in [3.8, 4) is 6.07 Å². The molecule has 1 rings (SSSR count). The van der Waals surface area contributed by atoms with Gasteiger partial charge < -0.3 is 4.90 Å². The highest BCUT2D eigenvalue weighted by atomic mass is 79.9. The van der Waals surface area contributed by atoms with Gasteiger partial charge in [-0.3, -0.25) is 0 Å². The van der Waals surface area contributed by atoms with Crippen molar-refractivity contribution in [1.29, 1.82) is 5.26 Å². The van der Waals surface area contributed by atoms with E-state index in [4.69, 9.17) is 5.26 Å². The van der Waals surface area contributed by atoms with Crippen LogP contribution >= 0.6 is 27.3 Å². The highest BCUT2D eigenvalue weighted by Gasteiger charge is 2.02. The standard InChI is InChI=1S/C10H13BrN2S/c1-13(7-3-2-6-12)8-9-4-5-10(11)14-9/h4-5H,2-3,7-8H2,1H3. The number of thiophene rings is 1. The average Bonchev–Trinajstić information content (AvgIpc) is 2.52. The summed E-state index contributed by atoms with van der Waals surface area (Å²) >= 11 is 5.21. The number of halogens is 1. The second-order valence-corrected chi connectivity index (χ2v) is 5.75. The van der Waals surface area contributed by atoms with Gasteiger partial charge >= 0.3 is 0 Å². The molecule has 0 saturated heterocycles. The van der Waals surface area contributed by atoms with Gasteiger partial charge in [0.25, 0.3) is 0 Å². The van der Waals surface area contributed by atoms with Crippen molar-refractivity contribution in [2.75, 3.05) is 13.6 Å². The molecule has 0 aliphatic carbocycles. The summed E-state index contributed by atoms with van der Waals surface area (Å²) in [5, 5.41) is 8.40. The Labute approximate surface area is 97.3 Å². The SMILES string of the molecule is CN(CCCC#N)Cc1ccc(Br)s1. The number of unbranched alkanes of at least 4 members (excludes halogenated alkanes) is 1. The highest BCUT2D eigenvalue weighted by Crippen LogP contribution is 2.22. The molecule has 1 aromatic rings. The minimum absolute atomic E-state index is 0.651. The molecule has 0 N–H and O–H groups in total. The van der Waals surface area contributed by atoms with Gasteiger partial charge in [0.05, 0.1) is 9.86 Å². The Balaban J connectivity index is 2.27. The second kappa shape index (κ2) is 6.18. The Morgan fingerprint density at radius 2 is 2.36 bits per heavy atom. The lowest BCUT2D eigenvalue weighted by molar-refractivity contribution is 0.326. The molecule has 0 spiro atoms. The molecule has 0 saturated carbocycles. The molecular formula is C10H13BrN2S. The van der Waals surface area contributed by atoms with Crippen molar-refractivity contribution in [3.05, 3.63) is 20.8 Å². The molecule has 0 radical (unpaired) electrons. The van der Waals surface area contributed by atoms with Crippen molar-refractivity contribution < 1.29 is 0 Å². The van der Waals surface area contributed by atoms with Gasteiger partial charge in [-0.2, -0.15) is 5.26 Å². The maximum absolute atomic E-state index is 8.40. The van der Waals surface area contributed by atoms with E-state index in [-0.39, 0.29) is 0 Å². The van der Waals surface area contributed by atoms with Gasteiger partial charge in [-0.15, -0.1) is 11.3 Å². The van der Waals surface area contributed by atoms with Crippen LogP contribution in [-0.2, 0) is 6.54 Å². The summed E-state index contributed by atoms with van der Waals surface area (Å²) < 4.78 is 1.18. The van der Waals surface area contributed by atoms with E-state index in [1.54, 1.807) is 11.3 Å². The minimum atomic E-state index is 0.651. The van der Waals surface area contributed by atoms with Crippen LogP contribution in [0.4, 0.5) is 0 Å². The summed E-state index contributed by atoms with van der Waals surface area (Å²) in [7, 11) is 2.09. The van der Waals surface area contributed by atoms with Crippen LogP contribution in [-0.4, -0.2) is 18.5 Å². The molecular weight excluding hydrogens is 260 g/mol. The van der Waals surface area contributed by atoms with Crippen LogP contribution in [0.2, 0.25) is 0 Å². The van der Waals surface area contributed by atoms with E-state index < -0.39 is 0 Å². The van der Waals surface area contributed by atoms with Crippen LogP contribution in [0.25, 0.3) is 0 Å². The quantitative estimate of drug-likeness (QED) is 0.770. The second-order valence-electron chi connectivity index (χ2n) is 3.21. The lowest BCUT2D eigenvalue weighted by atomic mass is 10.3. The largest absolute Gasteiger partial charge is 0.301 e. The van der Waals surface area contributed by atoms with E-state index in [0.29, 0.717) is 6.42 Å². The van der Waals surface area contributed by atoms with Gasteiger partial charge in [0.1, 0.15) is 0 Å². The molecule has 0 unspecified atom stereocenters. The normalized spacial score (nSPS) is 10.4. The topological polar surface area (TPSA) is 27.0 Å². The Morgan fingerprint density at radius 1 is 1.57 bits per heavy atom. The van der Waals surface area contributed by atoms with E-state index in [2.05, 4.69) is 46.1 Å². The Hall–Kier alpha value is -0.370. The molecule has 0 bridgehead atoms. The van der Waals surface area contributed by atoms with Crippen LogP contribution in [0.1, 0.15) is 17.7 Å². The van der Waals surface area contributed by atoms with Gasteiger partial charge in [0.15, 0.2) is 0 Å². The van der Waals surface area contributed by atoms with E-state index in [1.165, 1.54) is 8.66 Å². The molecule has 0 fully saturated rings. The molecule has 14 heavy (non-hydrogen) atoms. The van der Waals surface area contributed by atoms with E-state index in [0.717, 1.165) is 19.5 Å². The van der Waals surface area contributed by atoms with Crippen LogP contribution in [0.5, 0.6) is 0 Å². The smallest absolute Gasteiger partial charge is 0.0701 e. The summed E-state index contributed by atoms with van der Waals surface area (Å²) in [5.74, 6) is 0. The fourth-order valence-corrected chi connectivity index (χ4v) is 2.77. The summed E-state index contributed by atoms with van der Waals surface area (Å²) in [5.41, 5.74) is 0. The Bertz CT molecular complexity index is 316. The number of hydrogen-bond donors (Lipinski definition) is 0. The molecule has 2 nitrogen and oxygen atoms in total. The maximum Gasteiger partial charge on any atom is 0.0701 e. The van der Waals surface area contributed by atoms with Gasteiger partial charge in [-0.1, -0.05) is 0 Å². The third-order valence-corrected chi connectivity index (χ3v) is 3.49. The maximum atomic E-state index is 8.40. The first-order valence-corrected chi connectivity index (χ1v) is 6.13. The first kappa shape index (κ1) is 11.7. The number of rotatable bonds is 5. The monoisotopic (exact) mass is 272 g/mol. The zero-order chi connectivity index (χ0) is 10.4. The molecule has 0 atom stereocenters. The Morgan fingerprint density at radius 3 is 2.93 bits per heavy atom. The zero-order valence-electron chi connectivity index (χ0n) is 8.16. The lowest BCUT2D eigenvalue weighted by Gasteiger charge is -2.13. The predicted molar refractivity (Wildman–Crippen MR) is 63.2 cm³/mol. The van der Waals surface area contributed by atoms with E-state index in [1.807, 2.05) is 0 Å². The first-order chi connectivity index (χ1) is 6.72. The van der Waals surface area contributed by atoms with E-state index >= 15 is 0 Å². The zero-order valence-corrected chi connectivity index (χ0v) is 10.6. The van der Waals surface area contributed by atoms with Crippen LogP contribution in [0.3, 0.4) is 0 Å². The molecule has 1 heterocycles. The van der Waals surface area contributed by atoms with Crippen molar-refractivity contribution in [3.63, 3.8) is 0 Å². The summed E-state index contributed by atoms with van der Waals surface area (Å²) in [6, 6.07) is 6.37. The molecule has 76 valence electrons. The van der Waals surface area contributed by atoms with Crippen molar-refractivity contribution in [1.82, 2.24) is 4.90 Å². The fraction of sp³-hybridized carbons (Fsp3) is 0.500. The summed E-state index contributed by atoms with van der Waals surface area (Å²) in [6.45, 7) is 1.96. The minimum Gasteiger partial charge on any atom is -0.301 e. The molecule has 0 aliphatic rings. The van der Waals surface area contributed by atoms with Crippen LogP contribution in [0.15, 0.2) is 15.9 Å². The van der Waals surface area contributed by atoms with Gasteiger partial charge in [0.2, 0.25) is 0 Å². The van der Waals surface area contributed by atoms with E-state index in [9.17, 15) is 0 Å². The molecule has 4 heteroatoms. The van der Waals surface area contributed by atoms with Gasteiger partial charge in [-0.25, -0.2) is 0 Å². The third-order valence-electron chi connectivity index (χ3n) is 1.88. The number of nitrogens with zero attached hydrogens (tertiary/aromatic N) is 2. The van der Waals surface area contributed by atoms with Gasteiger partial charge in [0, 0.05) is 17.8 Å². The molecule has 1 aromatic heterocycles. The Kier molecular flexibility index (Phi) is 5.16. The lowest BCUT2D eigenvalue weighted by Crippen LogP contribution is -2.18.